The SMILES string of the molecule is Cc1cc(NS(=O)(=O)c2ccc(NC(=O)c3ccccc3OCCC(C)C)cc2)no1. The van der Waals surface area contributed by atoms with Crippen LogP contribution in [0.25, 0.3) is 0 Å². The Balaban J connectivity index is 1.68. The quantitative estimate of drug-likeness (QED) is 0.505. The summed E-state index contributed by atoms with van der Waals surface area (Å²) in [5, 5.41) is 6.39. The summed E-state index contributed by atoms with van der Waals surface area (Å²) in [4.78, 5) is 12.7. The van der Waals surface area contributed by atoms with Gasteiger partial charge in [-0.15, -0.1) is 0 Å². The van der Waals surface area contributed by atoms with Crippen LogP contribution in [0.15, 0.2) is 64.0 Å². The van der Waals surface area contributed by atoms with Gasteiger partial charge in [-0.1, -0.05) is 31.1 Å². The Labute approximate surface area is 181 Å². The van der Waals surface area contributed by atoms with E-state index in [1.54, 1.807) is 25.1 Å². The Morgan fingerprint density at radius 1 is 1.13 bits per heavy atom. The van der Waals surface area contributed by atoms with Crippen LogP contribution in [0.1, 0.15) is 36.4 Å². The lowest BCUT2D eigenvalue weighted by atomic mass is 10.1. The third-order valence-corrected chi connectivity index (χ3v) is 5.74. The van der Waals surface area contributed by atoms with Gasteiger partial charge < -0.3 is 14.6 Å². The predicted molar refractivity (Wildman–Crippen MR) is 118 cm³/mol. The summed E-state index contributed by atoms with van der Waals surface area (Å²) in [7, 11) is -3.83. The molecule has 0 saturated carbocycles. The van der Waals surface area contributed by atoms with E-state index in [9.17, 15) is 13.2 Å². The summed E-state index contributed by atoms with van der Waals surface area (Å²) < 4.78 is 37.9. The number of ether oxygens (including phenoxy) is 1. The van der Waals surface area contributed by atoms with Crippen molar-refractivity contribution >= 4 is 27.4 Å². The molecule has 0 unspecified atom stereocenters. The van der Waals surface area contributed by atoms with Crippen LogP contribution in [-0.4, -0.2) is 26.1 Å². The molecule has 2 aromatic carbocycles. The normalized spacial score (nSPS) is 11.4. The van der Waals surface area contributed by atoms with Crippen molar-refractivity contribution in [2.45, 2.75) is 32.1 Å². The lowest BCUT2D eigenvalue weighted by Gasteiger charge is -2.13. The molecule has 1 amide bonds. The van der Waals surface area contributed by atoms with Crippen LogP contribution in [0.3, 0.4) is 0 Å². The maximum absolute atomic E-state index is 12.7. The fourth-order valence-electron chi connectivity index (χ4n) is 2.71. The number of benzene rings is 2. The molecule has 0 aliphatic heterocycles. The van der Waals surface area contributed by atoms with E-state index < -0.39 is 10.0 Å². The number of carbonyl (C=O) groups excluding carboxylic acids is 1. The van der Waals surface area contributed by atoms with Crippen molar-refractivity contribution in [2.24, 2.45) is 5.92 Å². The molecule has 2 N–H and O–H groups in total. The standard InChI is InChI=1S/C22H25N3O5S/c1-15(2)12-13-29-20-7-5-4-6-19(20)22(26)23-17-8-10-18(11-9-17)31(27,28)25-21-14-16(3)30-24-21/h4-11,14-15H,12-13H2,1-3H3,(H,23,26)(H,24,25). The number of amides is 1. The first-order valence-electron chi connectivity index (χ1n) is 9.84. The molecule has 0 aliphatic carbocycles. The molecule has 0 saturated heterocycles. The molecule has 1 heterocycles. The number of carbonyl (C=O) groups is 1. The van der Waals surface area contributed by atoms with Crippen molar-refractivity contribution in [3.05, 3.63) is 65.9 Å². The van der Waals surface area contributed by atoms with Gasteiger partial charge in [-0.2, -0.15) is 0 Å². The minimum absolute atomic E-state index is 0.0311. The zero-order valence-corrected chi connectivity index (χ0v) is 18.4. The zero-order valence-electron chi connectivity index (χ0n) is 17.6. The second kappa shape index (κ2) is 9.65. The van der Waals surface area contributed by atoms with Crippen LogP contribution in [0, 0.1) is 12.8 Å². The molecule has 3 rings (SSSR count). The first kappa shape index (κ1) is 22.4. The molecule has 8 nitrogen and oxygen atoms in total. The highest BCUT2D eigenvalue weighted by Crippen LogP contribution is 2.22. The Morgan fingerprint density at radius 2 is 1.84 bits per heavy atom. The number of aromatic nitrogens is 1. The second-order valence-electron chi connectivity index (χ2n) is 7.43. The molecule has 1 aromatic heterocycles. The molecule has 3 aromatic rings. The van der Waals surface area contributed by atoms with E-state index in [2.05, 4.69) is 29.0 Å². The topological polar surface area (TPSA) is 111 Å². The first-order chi connectivity index (χ1) is 14.7. The van der Waals surface area contributed by atoms with E-state index in [1.165, 1.54) is 30.3 Å². The largest absolute Gasteiger partial charge is 0.493 e. The van der Waals surface area contributed by atoms with Crippen molar-refractivity contribution in [2.75, 3.05) is 16.6 Å². The number of nitrogens with zero attached hydrogens (tertiary/aromatic N) is 1. The summed E-state index contributed by atoms with van der Waals surface area (Å²) in [5.74, 6) is 1.26. The van der Waals surface area contributed by atoms with Crippen LogP contribution >= 0.6 is 0 Å². The van der Waals surface area contributed by atoms with Crippen molar-refractivity contribution in [1.82, 2.24) is 5.16 Å². The van der Waals surface area contributed by atoms with Gasteiger partial charge in [0.25, 0.3) is 15.9 Å². The zero-order chi connectivity index (χ0) is 22.4. The van der Waals surface area contributed by atoms with Crippen molar-refractivity contribution in [1.29, 1.82) is 0 Å². The average Bonchev–Trinajstić information content (AvgIpc) is 3.12. The van der Waals surface area contributed by atoms with Gasteiger partial charge in [-0.05, 0) is 55.7 Å². The second-order valence-corrected chi connectivity index (χ2v) is 9.12. The van der Waals surface area contributed by atoms with Crippen molar-refractivity contribution in [3.63, 3.8) is 0 Å². The van der Waals surface area contributed by atoms with E-state index in [0.29, 0.717) is 35.3 Å². The number of para-hydroxylation sites is 1. The van der Waals surface area contributed by atoms with Crippen LogP contribution in [0.4, 0.5) is 11.5 Å². The minimum atomic E-state index is -3.83. The van der Waals surface area contributed by atoms with Crippen LogP contribution in [-0.2, 0) is 10.0 Å². The number of nitrogens with one attached hydrogen (secondary N) is 2. The van der Waals surface area contributed by atoms with E-state index in [4.69, 9.17) is 9.26 Å². The summed E-state index contributed by atoms with van der Waals surface area (Å²) in [5.41, 5.74) is 0.865. The van der Waals surface area contributed by atoms with Gasteiger partial charge in [-0.3, -0.25) is 9.52 Å². The van der Waals surface area contributed by atoms with Gasteiger partial charge in [0.2, 0.25) is 0 Å². The minimum Gasteiger partial charge on any atom is -0.493 e. The monoisotopic (exact) mass is 443 g/mol. The molecular formula is C22H25N3O5S. The highest BCUT2D eigenvalue weighted by atomic mass is 32.2. The van der Waals surface area contributed by atoms with Gasteiger partial charge in [-0.25, -0.2) is 8.42 Å². The number of sulfonamides is 1. The summed E-state index contributed by atoms with van der Waals surface area (Å²) in [6.45, 7) is 6.39. The Morgan fingerprint density at radius 3 is 2.48 bits per heavy atom. The summed E-state index contributed by atoms with van der Waals surface area (Å²) >= 11 is 0. The lowest BCUT2D eigenvalue weighted by molar-refractivity contribution is 0.102. The third-order valence-electron chi connectivity index (χ3n) is 4.37. The van der Waals surface area contributed by atoms with Crippen molar-refractivity contribution in [3.8, 4) is 5.75 Å². The highest BCUT2D eigenvalue weighted by Gasteiger charge is 2.17. The van der Waals surface area contributed by atoms with Gasteiger partial charge in [0.05, 0.1) is 17.1 Å². The third kappa shape index (κ3) is 6.08. The van der Waals surface area contributed by atoms with Gasteiger partial charge in [0.1, 0.15) is 11.5 Å². The van der Waals surface area contributed by atoms with E-state index in [0.717, 1.165) is 6.42 Å². The molecule has 0 bridgehead atoms. The predicted octanol–water partition coefficient (Wildman–Crippen LogP) is 4.46. The van der Waals surface area contributed by atoms with E-state index >= 15 is 0 Å². The summed E-state index contributed by atoms with van der Waals surface area (Å²) in [6.07, 6.45) is 0.883. The number of rotatable bonds is 9. The Hall–Kier alpha value is -3.33. The summed E-state index contributed by atoms with van der Waals surface area (Å²) in [6, 6.07) is 14.3. The maximum atomic E-state index is 12.7. The van der Waals surface area contributed by atoms with E-state index in [-0.39, 0.29) is 16.6 Å². The molecule has 0 fully saturated rings. The van der Waals surface area contributed by atoms with E-state index in [1.807, 2.05) is 6.07 Å². The molecular weight excluding hydrogens is 418 g/mol. The Bertz CT molecular complexity index is 1140. The molecule has 0 radical (unpaired) electrons. The molecule has 164 valence electrons. The molecule has 0 aliphatic rings. The number of anilines is 2. The van der Waals surface area contributed by atoms with Crippen LogP contribution < -0.4 is 14.8 Å². The molecule has 0 spiro atoms. The smallest absolute Gasteiger partial charge is 0.263 e. The fraction of sp³-hybridized carbons (Fsp3) is 0.273. The Kier molecular flexibility index (Phi) is 6.96. The fourth-order valence-corrected chi connectivity index (χ4v) is 3.70. The molecule has 9 heteroatoms. The molecule has 0 atom stereocenters. The van der Waals surface area contributed by atoms with Crippen molar-refractivity contribution < 1.29 is 22.5 Å². The first-order valence-corrected chi connectivity index (χ1v) is 11.3. The van der Waals surface area contributed by atoms with Crippen LogP contribution in [0.5, 0.6) is 5.75 Å². The highest BCUT2D eigenvalue weighted by molar-refractivity contribution is 7.92. The lowest BCUT2D eigenvalue weighted by Crippen LogP contribution is -2.15. The van der Waals surface area contributed by atoms with Gasteiger partial charge in [0, 0.05) is 11.8 Å². The van der Waals surface area contributed by atoms with Gasteiger partial charge in [0.15, 0.2) is 5.82 Å². The maximum Gasteiger partial charge on any atom is 0.263 e. The number of hydrogen-bond donors (Lipinski definition) is 2. The molecule has 31 heavy (non-hydrogen) atoms. The number of hydrogen-bond acceptors (Lipinski definition) is 6. The number of aryl methyl sites for hydroxylation is 1. The van der Waals surface area contributed by atoms with Gasteiger partial charge >= 0.3 is 0 Å². The average molecular weight is 444 g/mol. The van der Waals surface area contributed by atoms with Crippen LogP contribution in [0.2, 0.25) is 0 Å².